The molecule has 0 fully saturated rings. The lowest BCUT2D eigenvalue weighted by Crippen LogP contribution is -2.29. The molecule has 0 bridgehead atoms. The van der Waals surface area contributed by atoms with Crippen LogP contribution >= 0.6 is 23.4 Å². The molecule has 0 aliphatic heterocycles. The van der Waals surface area contributed by atoms with E-state index >= 15 is 0 Å². The summed E-state index contributed by atoms with van der Waals surface area (Å²) in [4.78, 5) is 12.4. The summed E-state index contributed by atoms with van der Waals surface area (Å²) in [7, 11) is 0. The zero-order valence-electron chi connectivity index (χ0n) is 18.7. The number of para-hydroxylation sites is 1. The van der Waals surface area contributed by atoms with Crippen molar-refractivity contribution in [2.75, 3.05) is 5.32 Å². The van der Waals surface area contributed by atoms with Crippen LogP contribution in [0.1, 0.15) is 22.5 Å². The molecular weight excluding hydrogens is 473 g/mol. The molecule has 1 aromatic heterocycles. The number of amides is 2. The van der Waals surface area contributed by atoms with Crippen LogP contribution in [0.4, 0.5) is 14.9 Å². The predicted molar refractivity (Wildman–Crippen MR) is 134 cm³/mol. The number of carbonyl (C=O) groups is 1. The van der Waals surface area contributed by atoms with E-state index < -0.39 is 11.8 Å². The van der Waals surface area contributed by atoms with Gasteiger partial charge < -0.3 is 10.6 Å². The standard InChI is InChI=1S/C25H23ClFN5OS/c1-16-6-5-7-18(12-16)15-34-25-31-30-23(32(25)22-13-19(26)11-10-17(22)2)14-28-24(33)29-21-9-4-3-8-20(21)27/h3-13H,14-15H2,1-2H3,(H2,28,29,33). The maximum absolute atomic E-state index is 13.8. The molecule has 0 saturated carbocycles. The van der Waals surface area contributed by atoms with Crippen molar-refractivity contribution in [3.8, 4) is 5.69 Å². The van der Waals surface area contributed by atoms with Gasteiger partial charge in [-0.05, 0) is 49.2 Å². The fraction of sp³-hybridized carbons (Fsp3) is 0.160. The normalized spacial score (nSPS) is 10.8. The van der Waals surface area contributed by atoms with E-state index in [0.29, 0.717) is 21.8 Å². The summed E-state index contributed by atoms with van der Waals surface area (Å²) in [6.45, 7) is 4.12. The molecule has 34 heavy (non-hydrogen) atoms. The number of aryl methyl sites for hydroxylation is 2. The van der Waals surface area contributed by atoms with E-state index in [2.05, 4.69) is 46.0 Å². The largest absolute Gasteiger partial charge is 0.331 e. The number of hydrogen-bond donors (Lipinski definition) is 2. The number of aromatic nitrogens is 3. The van der Waals surface area contributed by atoms with Crippen LogP contribution in [-0.4, -0.2) is 20.8 Å². The Hall–Kier alpha value is -3.36. The van der Waals surface area contributed by atoms with Gasteiger partial charge in [-0.25, -0.2) is 9.18 Å². The molecular formula is C25H23ClFN5OS. The number of halogens is 2. The van der Waals surface area contributed by atoms with Crippen molar-refractivity contribution in [1.82, 2.24) is 20.1 Å². The monoisotopic (exact) mass is 495 g/mol. The minimum absolute atomic E-state index is 0.0875. The van der Waals surface area contributed by atoms with Gasteiger partial charge in [0.2, 0.25) is 0 Å². The fourth-order valence-corrected chi connectivity index (χ4v) is 4.48. The molecule has 9 heteroatoms. The molecule has 0 aliphatic carbocycles. The second-order valence-corrected chi connectivity index (χ2v) is 9.11. The van der Waals surface area contributed by atoms with E-state index in [1.807, 2.05) is 35.8 Å². The molecule has 4 aromatic rings. The molecule has 1 heterocycles. The highest BCUT2D eigenvalue weighted by molar-refractivity contribution is 7.98. The minimum atomic E-state index is -0.545. The van der Waals surface area contributed by atoms with Gasteiger partial charge >= 0.3 is 6.03 Å². The van der Waals surface area contributed by atoms with Gasteiger partial charge in [-0.2, -0.15) is 0 Å². The van der Waals surface area contributed by atoms with Crippen molar-refractivity contribution >= 4 is 35.1 Å². The number of anilines is 1. The highest BCUT2D eigenvalue weighted by atomic mass is 35.5. The third-order valence-electron chi connectivity index (χ3n) is 5.09. The zero-order valence-corrected chi connectivity index (χ0v) is 20.3. The Bertz CT molecular complexity index is 1330. The van der Waals surface area contributed by atoms with Crippen molar-refractivity contribution in [2.45, 2.75) is 31.3 Å². The van der Waals surface area contributed by atoms with Crippen molar-refractivity contribution < 1.29 is 9.18 Å². The summed E-state index contributed by atoms with van der Waals surface area (Å²) >= 11 is 7.83. The molecule has 0 saturated heterocycles. The van der Waals surface area contributed by atoms with Crippen LogP contribution < -0.4 is 10.6 Å². The highest BCUT2D eigenvalue weighted by Crippen LogP contribution is 2.28. The number of rotatable bonds is 7. The van der Waals surface area contributed by atoms with Crippen molar-refractivity contribution in [2.24, 2.45) is 0 Å². The van der Waals surface area contributed by atoms with E-state index in [-0.39, 0.29) is 12.2 Å². The summed E-state index contributed by atoms with van der Waals surface area (Å²) in [5.41, 5.74) is 4.28. The molecule has 174 valence electrons. The van der Waals surface area contributed by atoms with Crippen LogP contribution in [0.3, 0.4) is 0 Å². The Balaban J connectivity index is 1.57. The number of nitrogens with zero attached hydrogens (tertiary/aromatic N) is 3. The Morgan fingerprint density at radius 2 is 1.88 bits per heavy atom. The van der Waals surface area contributed by atoms with Crippen molar-refractivity contribution in [1.29, 1.82) is 0 Å². The maximum atomic E-state index is 13.8. The van der Waals surface area contributed by atoms with Gasteiger partial charge in [-0.3, -0.25) is 4.57 Å². The molecule has 0 radical (unpaired) electrons. The van der Waals surface area contributed by atoms with Gasteiger partial charge in [0.25, 0.3) is 0 Å². The molecule has 4 rings (SSSR count). The maximum Gasteiger partial charge on any atom is 0.319 e. The van der Waals surface area contributed by atoms with Crippen LogP contribution in [0.2, 0.25) is 5.02 Å². The van der Waals surface area contributed by atoms with Gasteiger partial charge in [0.15, 0.2) is 11.0 Å². The van der Waals surface area contributed by atoms with E-state index in [1.165, 1.54) is 23.3 Å². The van der Waals surface area contributed by atoms with Crippen LogP contribution in [0, 0.1) is 19.7 Å². The summed E-state index contributed by atoms with van der Waals surface area (Å²) in [5.74, 6) is 0.728. The number of benzene rings is 3. The van der Waals surface area contributed by atoms with Gasteiger partial charge in [-0.1, -0.05) is 71.4 Å². The molecule has 2 amide bonds. The molecule has 6 nitrogen and oxygen atoms in total. The van der Waals surface area contributed by atoms with E-state index in [0.717, 1.165) is 11.3 Å². The van der Waals surface area contributed by atoms with Crippen molar-refractivity contribution in [3.63, 3.8) is 0 Å². The van der Waals surface area contributed by atoms with E-state index in [4.69, 9.17) is 11.6 Å². The highest BCUT2D eigenvalue weighted by Gasteiger charge is 2.18. The first-order valence-corrected chi connectivity index (χ1v) is 12.0. The number of nitrogens with one attached hydrogen (secondary N) is 2. The van der Waals surface area contributed by atoms with Crippen LogP contribution in [0.25, 0.3) is 5.69 Å². The summed E-state index contributed by atoms with van der Waals surface area (Å²) in [6, 6.07) is 19.3. The average molecular weight is 496 g/mol. The smallest absolute Gasteiger partial charge is 0.319 e. The lowest BCUT2D eigenvalue weighted by Gasteiger charge is -2.14. The third-order valence-corrected chi connectivity index (χ3v) is 6.33. The number of urea groups is 1. The van der Waals surface area contributed by atoms with Crippen LogP contribution in [0.5, 0.6) is 0 Å². The average Bonchev–Trinajstić information content (AvgIpc) is 3.22. The van der Waals surface area contributed by atoms with Gasteiger partial charge in [-0.15, -0.1) is 10.2 Å². The predicted octanol–water partition coefficient (Wildman–Crippen LogP) is 6.29. The fourth-order valence-electron chi connectivity index (χ4n) is 3.41. The lowest BCUT2D eigenvalue weighted by atomic mass is 10.2. The SMILES string of the molecule is Cc1cccc(CSc2nnc(CNC(=O)Nc3ccccc3F)n2-c2cc(Cl)ccc2C)c1. The van der Waals surface area contributed by atoms with Crippen LogP contribution in [-0.2, 0) is 12.3 Å². The molecule has 0 spiro atoms. The first kappa shape index (κ1) is 23.8. The number of hydrogen-bond acceptors (Lipinski definition) is 4. The molecule has 0 atom stereocenters. The first-order chi connectivity index (χ1) is 16.4. The molecule has 3 aromatic carbocycles. The third kappa shape index (κ3) is 5.76. The summed E-state index contributed by atoms with van der Waals surface area (Å²) in [6.07, 6.45) is 0. The Morgan fingerprint density at radius 1 is 1.06 bits per heavy atom. The second-order valence-electron chi connectivity index (χ2n) is 7.73. The topological polar surface area (TPSA) is 71.8 Å². The molecule has 0 aliphatic rings. The Kier molecular flexibility index (Phi) is 7.49. The van der Waals surface area contributed by atoms with Gasteiger partial charge in [0, 0.05) is 10.8 Å². The molecule has 0 unspecified atom stereocenters. The quantitative estimate of drug-likeness (QED) is 0.295. The first-order valence-electron chi connectivity index (χ1n) is 10.6. The van der Waals surface area contributed by atoms with E-state index in [1.54, 1.807) is 23.9 Å². The van der Waals surface area contributed by atoms with Crippen molar-refractivity contribution in [3.05, 3.63) is 100 Å². The Morgan fingerprint density at radius 3 is 2.68 bits per heavy atom. The molecule has 2 N–H and O–H groups in total. The minimum Gasteiger partial charge on any atom is -0.331 e. The number of thioether (sulfide) groups is 1. The number of carbonyl (C=O) groups excluding carboxylic acids is 1. The van der Waals surface area contributed by atoms with Crippen LogP contribution in [0.15, 0.2) is 71.9 Å². The second kappa shape index (κ2) is 10.7. The Labute approximate surface area is 206 Å². The zero-order chi connectivity index (χ0) is 24.1. The van der Waals surface area contributed by atoms with Gasteiger partial charge in [0.05, 0.1) is 17.9 Å². The van der Waals surface area contributed by atoms with Gasteiger partial charge in [0.1, 0.15) is 5.82 Å². The summed E-state index contributed by atoms with van der Waals surface area (Å²) < 4.78 is 15.7. The summed E-state index contributed by atoms with van der Waals surface area (Å²) in [5, 5.41) is 15.2. The van der Waals surface area contributed by atoms with E-state index in [9.17, 15) is 9.18 Å². The lowest BCUT2D eigenvalue weighted by molar-refractivity contribution is 0.251.